The molecular formula is C18H29IN4O3S. The third-order valence-electron chi connectivity index (χ3n) is 4.65. The van der Waals surface area contributed by atoms with Gasteiger partial charge in [-0.2, -0.15) is 0 Å². The maximum Gasteiger partial charge on any atom is 0.261 e. The zero-order valence-electron chi connectivity index (χ0n) is 15.7. The van der Waals surface area contributed by atoms with Crippen LogP contribution in [0.2, 0.25) is 0 Å². The molecule has 2 aliphatic heterocycles. The predicted molar refractivity (Wildman–Crippen MR) is 118 cm³/mol. The van der Waals surface area contributed by atoms with Crippen molar-refractivity contribution < 1.29 is 14.3 Å². The molecule has 2 saturated heterocycles. The van der Waals surface area contributed by atoms with Crippen molar-refractivity contribution >= 4 is 47.2 Å². The summed E-state index contributed by atoms with van der Waals surface area (Å²) in [6.07, 6.45) is 3.37. The monoisotopic (exact) mass is 508 g/mol. The lowest BCUT2D eigenvalue weighted by Gasteiger charge is -2.37. The van der Waals surface area contributed by atoms with Crippen LogP contribution in [0.4, 0.5) is 0 Å². The number of ether oxygens (including phenoxy) is 2. The molecule has 2 unspecified atom stereocenters. The Bertz CT molecular complexity index is 593. The number of aliphatic imine (C=N–C) groups is 1. The molecule has 1 aromatic rings. The van der Waals surface area contributed by atoms with Crippen molar-refractivity contribution in [3.8, 4) is 0 Å². The number of hydrogen-bond donors (Lipinski definition) is 2. The van der Waals surface area contributed by atoms with Gasteiger partial charge in [-0.25, -0.2) is 0 Å². The molecule has 27 heavy (non-hydrogen) atoms. The fourth-order valence-electron chi connectivity index (χ4n) is 3.31. The number of nitrogens with zero attached hydrogens (tertiary/aromatic N) is 2. The van der Waals surface area contributed by atoms with Crippen LogP contribution in [0.3, 0.4) is 0 Å². The van der Waals surface area contributed by atoms with Gasteiger partial charge in [0.1, 0.15) is 6.10 Å². The van der Waals surface area contributed by atoms with E-state index in [1.807, 2.05) is 17.5 Å². The molecule has 7 nitrogen and oxygen atoms in total. The third-order valence-corrected chi connectivity index (χ3v) is 5.52. The molecule has 152 valence electrons. The number of morpholine rings is 1. The SMILES string of the molecule is CN=C(NCCCNC(=O)c1cccs1)N1CCOC(C2CCCO2)C1.I. The molecule has 0 spiro atoms. The van der Waals surface area contributed by atoms with Gasteiger partial charge in [-0.3, -0.25) is 9.79 Å². The van der Waals surface area contributed by atoms with Gasteiger partial charge in [-0.05, 0) is 30.7 Å². The number of nitrogens with one attached hydrogen (secondary N) is 2. The quantitative estimate of drug-likeness (QED) is 0.266. The molecule has 3 rings (SSSR count). The summed E-state index contributed by atoms with van der Waals surface area (Å²) < 4.78 is 11.7. The Kier molecular flexibility index (Phi) is 9.80. The molecule has 0 aromatic carbocycles. The number of guanidine groups is 1. The maximum absolute atomic E-state index is 11.9. The zero-order chi connectivity index (χ0) is 18.2. The molecule has 0 radical (unpaired) electrons. The fourth-order valence-corrected chi connectivity index (χ4v) is 3.95. The van der Waals surface area contributed by atoms with Crippen LogP contribution in [0, 0.1) is 0 Å². The molecule has 2 aliphatic rings. The van der Waals surface area contributed by atoms with E-state index in [1.54, 1.807) is 7.05 Å². The Morgan fingerprint density at radius 3 is 2.81 bits per heavy atom. The van der Waals surface area contributed by atoms with Crippen LogP contribution < -0.4 is 10.6 Å². The van der Waals surface area contributed by atoms with Gasteiger partial charge >= 0.3 is 0 Å². The van der Waals surface area contributed by atoms with Crippen molar-refractivity contribution in [3.63, 3.8) is 0 Å². The van der Waals surface area contributed by atoms with Gasteiger partial charge in [-0.15, -0.1) is 35.3 Å². The Balaban J connectivity index is 0.00000261. The lowest BCUT2D eigenvalue weighted by atomic mass is 10.1. The summed E-state index contributed by atoms with van der Waals surface area (Å²) in [7, 11) is 1.80. The van der Waals surface area contributed by atoms with Crippen molar-refractivity contribution in [2.45, 2.75) is 31.5 Å². The summed E-state index contributed by atoms with van der Waals surface area (Å²) in [6, 6.07) is 3.72. The molecule has 1 aromatic heterocycles. The molecule has 2 fully saturated rings. The molecule has 3 heterocycles. The standard InChI is InChI=1S/C18H28N4O3S.HI/c1-19-18(21-8-4-7-20-17(23)16-6-3-12-26-16)22-9-11-25-15(13-22)14-5-2-10-24-14;/h3,6,12,14-15H,2,4-5,7-11,13H2,1H3,(H,19,21)(H,20,23);1H. The van der Waals surface area contributed by atoms with Crippen LogP contribution in [0.25, 0.3) is 0 Å². The van der Waals surface area contributed by atoms with Gasteiger partial charge in [0.2, 0.25) is 0 Å². The van der Waals surface area contributed by atoms with Gasteiger partial charge in [-0.1, -0.05) is 6.07 Å². The van der Waals surface area contributed by atoms with Crippen LogP contribution in [0.5, 0.6) is 0 Å². The maximum atomic E-state index is 11.9. The van der Waals surface area contributed by atoms with Gasteiger partial charge in [0.15, 0.2) is 5.96 Å². The van der Waals surface area contributed by atoms with E-state index in [0.29, 0.717) is 13.2 Å². The van der Waals surface area contributed by atoms with E-state index in [1.165, 1.54) is 11.3 Å². The van der Waals surface area contributed by atoms with Crippen LogP contribution in [-0.2, 0) is 9.47 Å². The summed E-state index contributed by atoms with van der Waals surface area (Å²) >= 11 is 1.46. The molecule has 0 aliphatic carbocycles. The molecule has 2 N–H and O–H groups in total. The minimum atomic E-state index is -0.00281. The fraction of sp³-hybridized carbons (Fsp3) is 0.667. The summed E-state index contributed by atoms with van der Waals surface area (Å²) in [6.45, 7) is 4.58. The number of thiophene rings is 1. The van der Waals surface area contributed by atoms with E-state index < -0.39 is 0 Å². The molecule has 0 bridgehead atoms. The Hall–Kier alpha value is -0.910. The summed E-state index contributed by atoms with van der Waals surface area (Å²) in [5.74, 6) is 0.887. The number of carbonyl (C=O) groups is 1. The van der Waals surface area contributed by atoms with Gasteiger partial charge < -0.3 is 25.0 Å². The highest BCUT2D eigenvalue weighted by Gasteiger charge is 2.32. The van der Waals surface area contributed by atoms with Crippen molar-refractivity contribution in [3.05, 3.63) is 22.4 Å². The first-order valence-corrected chi connectivity index (χ1v) is 10.2. The van der Waals surface area contributed by atoms with E-state index >= 15 is 0 Å². The summed E-state index contributed by atoms with van der Waals surface area (Å²) in [5.41, 5.74) is 0. The number of halogens is 1. The highest BCUT2D eigenvalue weighted by atomic mass is 127. The van der Waals surface area contributed by atoms with E-state index in [0.717, 1.165) is 56.3 Å². The van der Waals surface area contributed by atoms with Crippen molar-refractivity contribution in [2.75, 3.05) is 46.4 Å². The minimum absolute atomic E-state index is 0. The smallest absolute Gasteiger partial charge is 0.261 e. The molecule has 0 saturated carbocycles. The number of rotatable bonds is 6. The van der Waals surface area contributed by atoms with Gasteiger partial charge in [0.05, 0.1) is 17.6 Å². The largest absolute Gasteiger partial charge is 0.375 e. The van der Waals surface area contributed by atoms with Crippen molar-refractivity contribution in [2.24, 2.45) is 4.99 Å². The number of carbonyl (C=O) groups excluding carboxylic acids is 1. The highest BCUT2D eigenvalue weighted by molar-refractivity contribution is 14.0. The second-order valence-electron chi connectivity index (χ2n) is 6.47. The van der Waals surface area contributed by atoms with E-state index in [4.69, 9.17) is 9.47 Å². The Labute approximate surface area is 181 Å². The predicted octanol–water partition coefficient (Wildman–Crippen LogP) is 1.94. The lowest BCUT2D eigenvalue weighted by molar-refractivity contribution is -0.0816. The van der Waals surface area contributed by atoms with Gasteiger partial charge in [0.25, 0.3) is 5.91 Å². The average molecular weight is 508 g/mol. The Morgan fingerprint density at radius 2 is 2.11 bits per heavy atom. The molecule has 9 heteroatoms. The summed E-state index contributed by atoms with van der Waals surface area (Å²) in [4.78, 5) is 19.3. The molecule has 2 atom stereocenters. The van der Waals surface area contributed by atoms with E-state index in [2.05, 4.69) is 20.5 Å². The van der Waals surface area contributed by atoms with Crippen molar-refractivity contribution in [1.29, 1.82) is 0 Å². The normalized spacial score (nSPS) is 23.0. The van der Waals surface area contributed by atoms with Crippen LogP contribution in [-0.4, -0.2) is 75.4 Å². The van der Waals surface area contributed by atoms with E-state index in [-0.39, 0.29) is 42.1 Å². The van der Waals surface area contributed by atoms with Crippen molar-refractivity contribution in [1.82, 2.24) is 15.5 Å². The lowest BCUT2D eigenvalue weighted by Crippen LogP contribution is -2.53. The Morgan fingerprint density at radius 1 is 1.30 bits per heavy atom. The number of amides is 1. The second-order valence-corrected chi connectivity index (χ2v) is 7.42. The highest BCUT2D eigenvalue weighted by Crippen LogP contribution is 2.21. The molecule has 1 amide bonds. The first-order valence-electron chi connectivity index (χ1n) is 9.28. The topological polar surface area (TPSA) is 75.2 Å². The minimum Gasteiger partial charge on any atom is -0.375 e. The first kappa shape index (κ1) is 22.4. The average Bonchev–Trinajstić information content (AvgIpc) is 3.38. The summed E-state index contributed by atoms with van der Waals surface area (Å²) in [5, 5.41) is 8.24. The van der Waals surface area contributed by atoms with Crippen LogP contribution in [0.1, 0.15) is 28.9 Å². The third kappa shape index (κ3) is 6.58. The second kappa shape index (κ2) is 11.8. The number of hydrogen-bond acceptors (Lipinski definition) is 5. The van der Waals surface area contributed by atoms with Crippen LogP contribution in [0.15, 0.2) is 22.5 Å². The first-order chi connectivity index (χ1) is 12.8. The zero-order valence-corrected chi connectivity index (χ0v) is 18.8. The van der Waals surface area contributed by atoms with Crippen LogP contribution >= 0.6 is 35.3 Å². The van der Waals surface area contributed by atoms with Gasteiger partial charge in [0, 0.05) is 39.8 Å². The molecular weight excluding hydrogens is 479 g/mol. The van der Waals surface area contributed by atoms with E-state index in [9.17, 15) is 4.79 Å².